The minimum Gasteiger partial charge on any atom is -0.360 e. The van der Waals surface area contributed by atoms with E-state index in [-0.39, 0.29) is 28.5 Å². The Hall–Kier alpha value is -2.52. The third-order valence-corrected chi connectivity index (χ3v) is 5.77. The second-order valence-electron chi connectivity index (χ2n) is 7.32. The number of hydrogen-bond acceptors (Lipinski definition) is 7. The van der Waals surface area contributed by atoms with Crippen LogP contribution in [0.15, 0.2) is 38.2 Å². The molecule has 27 heavy (non-hydrogen) atoms. The van der Waals surface area contributed by atoms with Crippen molar-refractivity contribution in [2.75, 3.05) is 0 Å². The minimum atomic E-state index is -3.79. The first kappa shape index (κ1) is 19.2. The Bertz CT molecular complexity index is 1020. The molecule has 1 aromatic carbocycles. The highest BCUT2D eigenvalue weighted by molar-refractivity contribution is 7.89. The molecule has 0 radical (unpaired) electrons. The van der Waals surface area contributed by atoms with Gasteiger partial charge in [-0.3, -0.25) is 0 Å². The lowest BCUT2D eigenvalue weighted by Crippen LogP contribution is -2.24. The van der Waals surface area contributed by atoms with E-state index in [4.69, 9.17) is 9.05 Å². The van der Waals surface area contributed by atoms with E-state index in [1.165, 1.54) is 5.56 Å². The van der Waals surface area contributed by atoms with E-state index in [1.807, 2.05) is 24.3 Å². The maximum atomic E-state index is 12.4. The number of nitrogens with one attached hydrogen (secondary N) is 1. The molecule has 0 saturated heterocycles. The minimum absolute atomic E-state index is 0.0278. The van der Waals surface area contributed by atoms with Crippen LogP contribution in [0.4, 0.5) is 0 Å². The molecular weight excluding hydrogens is 368 g/mol. The average molecular weight is 390 g/mol. The highest BCUT2D eigenvalue weighted by Crippen LogP contribution is 2.25. The molecule has 0 aliphatic carbocycles. The van der Waals surface area contributed by atoms with E-state index in [2.05, 4.69) is 40.8 Å². The molecule has 0 spiro atoms. The molecule has 2 heterocycles. The van der Waals surface area contributed by atoms with Crippen LogP contribution >= 0.6 is 0 Å². The maximum absolute atomic E-state index is 12.4. The third-order valence-electron chi connectivity index (χ3n) is 4.13. The van der Waals surface area contributed by atoms with Crippen LogP contribution in [0.5, 0.6) is 0 Å². The summed E-state index contributed by atoms with van der Waals surface area (Å²) in [4.78, 5) is 4.29. The summed E-state index contributed by atoms with van der Waals surface area (Å²) < 4.78 is 37.3. The molecule has 0 unspecified atom stereocenters. The number of hydrogen-bond donors (Lipinski definition) is 1. The van der Waals surface area contributed by atoms with Crippen LogP contribution in [0.1, 0.15) is 43.7 Å². The fourth-order valence-electron chi connectivity index (χ4n) is 2.65. The third kappa shape index (κ3) is 4.09. The molecule has 1 N–H and O–H groups in total. The van der Waals surface area contributed by atoms with Gasteiger partial charge in [0, 0.05) is 5.56 Å². The number of aryl methyl sites for hydroxylation is 2. The summed E-state index contributed by atoms with van der Waals surface area (Å²) in [7, 11) is -3.79. The maximum Gasteiger partial charge on any atom is 0.246 e. The lowest BCUT2D eigenvalue weighted by atomic mass is 9.87. The van der Waals surface area contributed by atoms with E-state index in [1.54, 1.807) is 13.8 Å². The molecule has 0 saturated carbocycles. The second kappa shape index (κ2) is 6.90. The molecule has 2 aromatic heterocycles. The van der Waals surface area contributed by atoms with E-state index < -0.39 is 10.0 Å². The van der Waals surface area contributed by atoms with Gasteiger partial charge in [-0.05, 0) is 24.8 Å². The number of sulfonamides is 1. The zero-order valence-electron chi connectivity index (χ0n) is 15.9. The number of aromatic nitrogens is 3. The van der Waals surface area contributed by atoms with Gasteiger partial charge in [-0.1, -0.05) is 55.4 Å². The van der Waals surface area contributed by atoms with Crippen molar-refractivity contribution in [2.45, 2.75) is 51.5 Å². The van der Waals surface area contributed by atoms with Crippen molar-refractivity contribution in [3.05, 3.63) is 47.2 Å². The zero-order chi connectivity index (χ0) is 19.8. The predicted molar refractivity (Wildman–Crippen MR) is 98.4 cm³/mol. The monoisotopic (exact) mass is 390 g/mol. The molecule has 3 aromatic rings. The average Bonchev–Trinajstić information content (AvgIpc) is 3.19. The molecule has 9 heteroatoms. The summed E-state index contributed by atoms with van der Waals surface area (Å²) >= 11 is 0. The molecule has 0 amide bonds. The second-order valence-corrected chi connectivity index (χ2v) is 9.02. The summed E-state index contributed by atoms with van der Waals surface area (Å²) in [6.07, 6.45) is 0. The van der Waals surface area contributed by atoms with Crippen molar-refractivity contribution in [1.29, 1.82) is 0 Å². The van der Waals surface area contributed by atoms with Gasteiger partial charge in [0.05, 0.1) is 6.54 Å². The Kier molecular flexibility index (Phi) is 4.92. The van der Waals surface area contributed by atoms with Crippen molar-refractivity contribution in [3.8, 4) is 11.4 Å². The van der Waals surface area contributed by atoms with Gasteiger partial charge in [-0.25, -0.2) is 13.1 Å². The summed E-state index contributed by atoms with van der Waals surface area (Å²) in [5, 5.41) is 7.58. The van der Waals surface area contributed by atoms with Crippen molar-refractivity contribution < 1.29 is 17.5 Å². The quantitative estimate of drug-likeness (QED) is 0.712. The molecule has 0 bridgehead atoms. The van der Waals surface area contributed by atoms with Crippen LogP contribution in [0, 0.1) is 13.8 Å². The first-order valence-electron chi connectivity index (χ1n) is 8.44. The van der Waals surface area contributed by atoms with Crippen LogP contribution in [0.25, 0.3) is 11.4 Å². The van der Waals surface area contributed by atoms with Gasteiger partial charge in [-0.2, -0.15) is 4.98 Å². The van der Waals surface area contributed by atoms with E-state index in [9.17, 15) is 8.42 Å². The summed E-state index contributed by atoms with van der Waals surface area (Å²) in [6, 6.07) is 7.88. The van der Waals surface area contributed by atoms with Crippen LogP contribution in [0.3, 0.4) is 0 Å². The Morgan fingerprint density at radius 3 is 2.26 bits per heavy atom. The Balaban J connectivity index is 1.73. The number of benzene rings is 1. The van der Waals surface area contributed by atoms with Crippen LogP contribution in [-0.2, 0) is 22.0 Å². The largest absolute Gasteiger partial charge is 0.360 e. The first-order chi connectivity index (χ1) is 12.6. The smallest absolute Gasteiger partial charge is 0.246 e. The Morgan fingerprint density at radius 2 is 1.70 bits per heavy atom. The highest BCUT2D eigenvalue weighted by atomic mass is 32.2. The molecule has 3 rings (SSSR count). The van der Waals surface area contributed by atoms with Crippen molar-refractivity contribution in [1.82, 2.24) is 20.0 Å². The van der Waals surface area contributed by atoms with Gasteiger partial charge >= 0.3 is 0 Å². The molecule has 0 atom stereocenters. The summed E-state index contributed by atoms with van der Waals surface area (Å²) in [5.41, 5.74) is 2.34. The number of rotatable bonds is 5. The normalized spacial score (nSPS) is 12.5. The predicted octanol–water partition coefficient (Wildman–Crippen LogP) is 3.12. The van der Waals surface area contributed by atoms with Gasteiger partial charge in [0.25, 0.3) is 0 Å². The fraction of sp³-hybridized carbons (Fsp3) is 0.389. The molecule has 144 valence electrons. The first-order valence-corrected chi connectivity index (χ1v) is 9.92. The van der Waals surface area contributed by atoms with E-state index in [0.717, 1.165) is 5.56 Å². The van der Waals surface area contributed by atoms with Gasteiger partial charge in [0.2, 0.25) is 21.7 Å². The topological polar surface area (TPSA) is 111 Å². The summed E-state index contributed by atoms with van der Waals surface area (Å²) in [5.74, 6) is 0.799. The van der Waals surface area contributed by atoms with E-state index >= 15 is 0 Å². The van der Waals surface area contributed by atoms with Crippen molar-refractivity contribution >= 4 is 10.0 Å². The van der Waals surface area contributed by atoms with Crippen LogP contribution < -0.4 is 4.72 Å². The van der Waals surface area contributed by atoms with Gasteiger partial charge < -0.3 is 9.05 Å². The highest BCUT2D eigenvalue weighted by Gasteiger charge is 2.24. The molecule has 8 nitrogen and oxygen atoms in total. The zero-order valence-corrected chi connectivity index (χ0v) is 16.7. The Morgan fingerprint density at radius 1 is 1.04 bits per heavy atom. The van der Waals surface area contributed by atoms with E-state index in [0.29, 0.717) is 11.5 Å². The van der Waals surface area contributed by atoms with Crippen molar-refractivity contribution in [2.24, 2.45) is 0 Å². The molecule has 0 aliphatic heterocycles. The lowest BCUT2D eigenvalue weighted by molar-refractivity contribution is 0.375. The fourth-order valence-corrected chi connectivity index (χ4v) is 3.95. The van der Waals surface area contributed by atoms with Gasteiger partial charge in [0.1, 0.15) is 10.6 Å². The molecular formula is C18H22N4O4S. The van der Waals surface area contributed by atoms with Crippen molar-refractivity contribution in [3.63, 3.8) is 0 Å². The van der Waals surface area contributed by atoms with Gasteiger partial charge in [0.15, 0.2) is 5.76 Å². The SMILES string of the molecule is Cc1noc(C)c1S(=O)(=O)NCc1nc(-c2ccc(C(C)(C)C)cc2)no1. The molecule has 0 aliphatic rings. The molecule has 0 fully saturated rings. The van der Waals surface area contributed by atoms with Crippen LogP contribution in [0.2, 0.25) is 0 Å². The standard InChI is InChI=1S/C18H22N4O4S/c1-11-16(12(2)25-21-11)27(23,24)19-10-15-20-17(22-26-15)13-6-8-14(9-7-13)18(3,4)5/h6-9,19H,10H2,1-5H3. The summed E-state index contributed by atoms with van der Waals surface area (Å²) in [6.45, 7) is 9.40. The van der Waals surface area contributed by atoms with Crippen LogP contribution in [-0.4, -0.2) is 23.7 Å². The van der Waals surface area contributed by atoms with Gasteiger partial charge in [-0.15, -0.1) is 0 Å². The number of nitrogens with zero attached hydrogens (tertiary/aromatic N) is 3. The lowest BCUT2D eigenvalue weighted by Gasteiger charge is -2.18. The Labute approximate surface area is 158 Å².